The van der Waals surface area contributed by atoms with Crippen LogP contribution < -0.4 is 10.6 Å². The fraction of sp³-hybridized carbons (Fsp3) is 0.350. The lowest BCUT2D eigenvalue weighted by atomic mass is 10.1. The van der Waals surface area contributed by atoms with Crippen molar-refractivity contribution in [1.82, 2.24) is 15.2 Å². The normalized spacial score (nSPS) is 14.6. The van der Waals surface area contributed by atoms with Gasteiger partial charge in [-0.2, -0.15) is 0 Å². The third-order valence-electron chi connectivity index (χ3n) is 4.37. The molecule has 0 bridgehead atoms. The largest absolute Gasteiger partial charge is 0.379 e. The highest BCUT2D eigenvalue weighted by molar-refractivity contribution is 5.95. The molecule has 1 saturated heterocycles. The van der Waals surface area contributed by atoms with Crippen LogP contribution in [-0.2, 0) is 4.74 Å². The Labute approximate surface area is 158 Å². The van der Waals surface area contributed by atoms with E-state index < -0.39 is 0 Å². The van der Waals surface area contributed by atoms with Gasteiger partial charge >= 0.3 is 0 Å². The molecule has 0 unspecified atom stereocenters. The number of carbonyl (C=O) groups is 2. The number of hydrogen-bond acceptors (Lipinski definition) is 6. The highest BCUT2D eigenvalue weighted by Gasteiger charge is 2.12. The maximum absolute atomic E-state index is 12.3. The van der Waals surface area contributed by atoms with Gasteiger partial charge in [-0.15, -0.1) is 0 Å². The van der Waals surface area contributed by atoms with Gasteiger partial charge in [0.05, 0.1) is 13.2 Å². The minimum Gasteiger partial charge on any atom is -0.379 e. The second-order valence-corrected chi connectivity index (χ2v) is 6.40. The summed E-state index contributed by atoms with van der Waals surface area (Å²) in [5.41, 5.74) is 2.51. The minimum atomic E-state index is -0.204. The predicted molar refractivity (Wildman–Crippen MR) is 104 cm³/mol. The third-order valence-corrected chi connectivity index (χ3v) is 4.37. The quantitative estimate of drug-likeness (QED) is 0.728. The molecule has 142 valence electrons. The van der Waals surface area contributed by atoms with Crippen LogP contribution >= 0.6 is 0 Å². The predicted octanol–water partition coefficient (Wildman–Crippen LogP) is 2.09. The molecule has 27 heavy (non-hydrogen) atoms. The van der Waals surface area contributed by atoms with Crippen LogP contribution in [-0.4, -0.2) is 61.0 Å². The van der Waals surface area contributed by atoms with Crippen LogP contribution in [0.15, 0.2) is 42.6 Å². The van der Waals surface area contributed by atoms with E-state index in [0.29, 0.717) is 17.8 Å². The smallest absolute Gasteiger partial charge is 0.269 e. The van der Waals surface area contributed by atoms with Crippen molar-refractivity contribution in [3.8, 4) is 0 Å². The van der Waals surface area contributed by atoms with Crippen molar-refractivity contribution in [2.45, 2.75) is 6.92 Å². The Bertz CT molecular complexity index is 803. The second-order valence-electron chi connectivity index (χ2n) is 6.40. The number of aromatic nitrogens is 1. The SMILES string of the molecule is CC(=O)c1cccc(Nc2ccnc(C(=O)NCCN3CCOCC3)c2)c1. The van der Waals surface area contributed by atoms with Crippen molar-refractivity contribution in [3.05, 3.63) is 53.9 Å². The Balaban J connectivity index is 1.57. The summed E-state index contributed by atoms with van der Waals surface area (Å²) in [5.74, 6) is -0.196. The van der Waals surface area contributed by atoms with Gasteiger partial charge in [-0.05, 0) is 31.2 Å². The Morgan fingerprint density at radius 2 is 1.93 bits per heavy atom. The number of hydrogen-bond donors (Lipinski definition) is 2. The molecule has 7 heteroatoms. The van der Waals surface area contributed by atoms with Crippen LogP contribution in [0.4, 0.5) is 11.4 Å². The molecule has 1 aliphatic rings. The molecule has 0 aliphatic carbocycles. The molecule has 1 aromatic carbocycles. The first-order valence-electron chi connectivity index (χ1n) is 9.04. The van der Waals surface area contributed by atoms with Crippen molar-refractivity contribution in [2.24, 2.45) is 0 Å². The molecule has 2 aromatic rings. The van der Waals surface area contributed by atoms with E-state index >= 15 is 0 Å². The van der Waals surface area contributed by atoms with Gasteiger partial charge in [-0.1, -0.05) is 12.1 Å². The maximum Gasteiger partial charge on any atom is 0.269 e. The van der Waals surface area contributed by atoms with E-state index in [0.717, 1.165) is 44.2 Å². The van der Waals surface area contributed by atoms with Crippen molar-refractivity contribution in [2.75, 3.05) is 44.7 Å². The van der Waals surface area contributed by atoms with Gasteiger partial charge in [0.25, 0.3) is 5.91 Å². The number of amides is 1. The molecule has 0 saturated carbocycles. The number of Topliss-reactive ketones (excluding diaryl/α,β-unsaturated/α-hetero) is 1. The second kappa shape index (κ2) is 9.25. The summed E-state index contributed by atoms with van der Waals surface area (Å²) in [4.78, 5) is 30.3. The summed E-state index contributed by atoms with van der Waals surface area (Å²) >= 11 is 0. The van der Waals surface area contributed by atoms with E-state index in [1.165, 1.54) is 6.92 Å². The van der Waals surface area contributed by atoms with Gasteiger partial charge in [-0.3, -0.25) is 19.5 Å². The number of nitrogens with zero attached hydrogens (tertiary/aromatic N) is 2. The summed E-state index contributed by atoms with van der Waals surface area (Å²) in [6, 6.07) is 10.7. The van der Waals surface area contributed by atoms with Crippen molar-refractivity contribution < 1.29 is 14.3 Å². The van der Waals surface area contributed by atoms with Gasteiger partial charge in [0.1, 0.15) is 5.69 Å². The van der Waals surface area contributed by atoms with Crippen molar-refractivity contribution in [1.29, 1.82) is 0 Å². The summed E-state index contributed by atoms with van der Waals surface area (Å²) in [5, 5.41) is 6.11. The Morgan fingerprint density at radius 1 is 1.15 bits per heavy atom. The number of ketones is 1. The molecule has 7 nitrogen and oxygen atoms in total. The molecule has 1 aromatic heterocycles. The van der Waals surface area contributed by atoms with Crippen molar-refractivity contribution in [3.63, 3.8) is 0 Å². The van der Waals surface area contributed by atoms with Gasteiger partial charge in [0, 0.05) is 49.3 Å². The monoisotopic (exact) mass is 368 g/mol. The highest BCUT2D eigenvalue weighted by Crippen LogP contribution is 2.18. The number of ether oxygens (including phenoxy) is 1. The van der Waals surface area contributed by atoms with Crippen LogP contribution in [0.2, 0.25) is 0 Å². The summed E-state index contributed by atoms with van der Waals surface area (Å²) in [7, 11) is 0. The fourth-order valence-corrected chi connectivity index (χ4v) is 2.86. The molecular formula is C20H24N4O3. The lowest BCUT2D eigenvalue weighted by Gasteiger charge is -2.26. The summed E-state index contributed by atoms with van der Waals surface area (Å²) < 4.78 is 5.31. The lowest BCUT2D eigenvalue weighted by molar-refractivity contribution is 0.0383. The van der Waals surface area contributed by atoms with E-state index in [9.17, 15) is 9.59 Å². The standard InChI is InChI=1S/C20H24N4O3/c1-15(25)16-3-2-4-17(13-16)23-18-5-6-21-19(14-18)20(26)22-7-8-24-9-11-27-12-10-24/h2-6,13-14H,7-12H2,1H3,(H,21,23)(H,22,26). The zero-order valence-corrected chi connectivity index (χ0v) is 15.4. The Hall–Kier alpha value is -2.77. The number of morpholine rings is 1. The molecule has 3 rings (SSSR count). The molecule has 0 spiro atoms. The lowest BCUT2D eigenvalue weighted by Crippen LogP contribution is -2.41. The van der Waals surface area contributed by atoms with Gasteiger partial charge < -0.3 is 15.4 Å². The first-order valence-corrected chi connectivity index (χ1v) is 9.04. The van der Waals surface area contributed by atoms with Crippen LogP contribution in [0.25, 0.3) is 0 Å². The van der Waals surface area contributed by atoms with Gasteiger partial charge in [0.15, 0.2) is 5.78 Å². The number of rotatable bonds is 7. The molecule has 0 radical (unpaired) electrons. The number of benzene rings is 1. The van der Waals surface area contributed by atoms with Crippen molar-refractivity contribution >= 4 is 23.1 Å². The number of nitrogens with one attached hydrogen (secondary N) is 2. The van der Waals surface area contributed by atoms with Crippen LogP contribution in [0.1, 0.15) is 27.8 Å². The molecule has 1 fully saturated rings. The van der Waals surface area contributed by atoms with Gasteiger partial charge in [-0.25, -0.2) is 0 Å². The number of anilines is 2. The molecule has 1 aliphatic heterocycles. The van der Waals surface area contributed by atoms with E-state index in [-0.39, 0.29) is 11.7 Å². The minimum absolute atomic E-state index is 0.00807. The number of carbonyl (C=O) groups excluding carboxylic acids is 2. The zero-order valence-electron chi connectivity index (χ0n) is 15.4. The van der Waals surface area contributed by atoms with Crippen LogP contribution in [0, 0.1) is 0 Å². The summed E-state index contributed by atoms with van der Waals surface area (Å²) in [6.45, 7) is 6.18. The number of pyridine rings is 1. The first-order chi connectivity index (χ1) is 13.1. The van der Waals surface area contributed by atoms with Crippen LogP contribution in [0.5, 0.6) is 0 Å². The first kappa shape index (κ1) is 19.0. The molecule has 1 amide bonds. The average Bonchev–Trinajstić information content (AvgIpc) is 2.69. The van der Waals surface area contributed by atoms with Gasteiger partial charge in [0.2, 0.25) is 0 Å². The zero-order chi connectivity index (χ0) is 19.1. The van der Waals surface area contributed by atoms with E-state index in [4.69, 9.17) is 4.74 Å². The third kappa shape index (κ3) is 5.60. The Morgan fingerprint density at radius 3 is 2.70 bits per heavy atom. The molecule has 0 atom stereocenters. The van der Waals surface area contributed by atoms with E-state index in [2.05, 4.69) is 20.5 Å². The molecule has 2 heterocycles. The van der Waals surface area contributed by atoms with E-state index in [1.807, 2.05) is 12.1 Å². The maximum atomic E-state index is 12.3. The van der Waals surface area contributed by atoms with E-state index in [1.54, 1.807) is 30.5 Å². The fourth-order valence-electron chi connectivity index (χ4n) is 2.86. The highest BCUT2D eigenvalue weighted by atomic mass is 16.5. The molecular weight excluding hydrogens is 344 g/mol. The Kier molecular flexibility index (Phi) is 6.51. The summed E-state index contributed by atoms with van der Waals surface area (Å²) in [6.07, 6.45) is 1.59. The average molecular weight is 368 g/mol. The topological polar surface area (TPSA) is 83.6 Å². The van der Waals surface area contributed by atoms with Crippen LogP contribution in [0.3, 0.4) is 0 Å². The molecule has 2 N–H and O–H groups in total.